The molecule has 1 N–H and O–H groups in total. The summed E-state index contributed by atoms with van der Waals surface area (Å²) in [4.78, 5) is 21.7. The predicted octanol–water partition coefficient (Wildman–Crippen LogP) is 5.25. The summed E-state index contributed by atoms with van der Waals surface area (Å²) in [6.07, 6.45) is -2.80. The van der Waals surface area contributed by atoms with E-state index < -0.39 is 23.9 Å². The zero-order valence-corrected chi connectivity index (χ0v) is 17.5. The number of para-hydroxylation sites is 1. The van der Waals surface area contributed by atoms with Crippen molar-refractivity contribution in [3.8, 4) is 0 Å². The van der Waals surface area contributed by atoms with Gasteiger partial charge in [0.25, 0.3) is 0 Å². The second kappa shape index (κ2) is 7.29. The molecule has 1 aliphatic rings. The summed E-state index contributed by atoms with van der Waals surface area (Å²) in [5.41, 5.74) is 2.92. The van der Waals surface area contributed by atoms with E-state index in [1.54, 1.807) is 0 Å². The topological polar surface area (TPSA) is 72.7 Å². The third-order valence-electron chi connectivity index (χ3n) is 5.94. The molecule has 32 heavy (non-hydrogen) atoms. The second-order valence-electron chi connectivity index (χ2n) is 8.06. The van der Waals surface area contributed by atoms with E-state index in [2.05, 4.69) is 20.4 Å². The van der Waals surface area contributed by atoms with Crippen molar-refractivity contribution in [3.63, 3.8) is 0 Å². The number of benzene rings is 1. The number of carbonyl (C=O) groups excluding carboxylic acids is 1. The van der Waals surface area contributed by atoms with Crippen molar-refractivity contribution in [2.45, 2.75) is 45.3 Å². The summed E-state index contributed by atoms with van der Waals surface area (Å²) >= 11 is 0. The molecule has 0 unspecified atom stereocenters. The minimum Gasteiger partial charge on any atom is -0.329 e. The molecule has 1 aromatic carbocycles. The van der Waals surface area contributed by atoms with Crippen LogP contribution in [0.2, 0.25) is 0 Å². The van der Waals surface area contributed by atoms with Crippen LogP contribution in [-0.4, -0.2) is 25.8 Å². The molecular weight excluding hydrogens is 419 g/mol. The van der Waals surface area contributed by atoms with Gasteiger partial charge in [0.15, 0.2) is 0 Å². The zero-order valence-electron chi connectivity index (χ0n) is 17.5. The van der Waals surface area contributed by atoms with Crippen molar-refractivity contribution in [1.82, 2.24) is 25.1 Å². The number of nitrogens with one attached hydrogen (secondary N) is 1. The quantitative estimate of drug-likeness (QED) is 0.440. The van der Waals surface area contributed by atoms with Crippen molar-refractivity contribution in [1.29, 1.82) is 0 Å². The Balaban J connectivity index is 1.53. The van der Waals surface area contributed by atoms with Gasteiger partial charge in [-0.3, -0.25) is 4.98 Å². The van der Waals surface area contributed by atoms with Crippen LogP contribution in [0.5, 0.6) is 0 Å². The van der Waals surface area contributed by atoms with Crippen molar-refractivity contribution >= 4 is 27.8 Å². The average molecular weight is 439 g/mol. The minimum atomic E-state index is -4.50. The van der Waals surface area contributed by atoms with Crippen LogP contribution in [0, 0.1) is 13.8 Å². The van der Waals surface area contributed by atoms with Gasteiger partial charge in [-0.1, -0.05) is 24.3 Å². The average Bonchev–Trinajstić information content (AvgIpc) is 3.11. The van der Waals surface area contributed by atoms with Gasteiger partial charge in [-0.2, -0.15) is 23.0 Å². The third-order valence-corrected chi connectivity index (χ3v) is 5.94. The van der Waals surface area contributed by atoms with Gasteiger partial charge in [-0.05, 0) is 50.8 Å². The van der Waals surface area contributed by atoms with E-state index >= 15 is 0 Å². The number of aromatic nitrogens is 4. The number of carbonyl (C=O) groups is 1. The van der Waals surface area contributed by atoms with E-state index in [0.717, 1.165) is 22.4 Å². The molecule has 4 aromatic rings. The number of nitrogens with zero attached hydrogens (tertiary/aromatic N) is 4. The second-order valence-corrected chi connectivity index (χ2v) is 8.06. The first kappa shape index (κ1) is 20.4. The molecule has 0 spiro atoms. The van der Waals surface area contributed by atoms with E-state index in [4.69, 9.17) is 0 Å². The number of rotatable bonds is 1. The van der Waals surface area contributed by atoms with Crippen LogP contribution in [0.3, 0.4) is 0 Å². The smallest absolute Gasteiger partial charge is 0.329 e. The molecule has 0 saturated carbocycles. The molecule has 1 amide bonds. The van der Waals surface area contributed by atoms with Crippen molar-refractivity contribution in [3.05, 3.63) is 64.7 Å². The molecule has 0 radical (unpaired) electrons. The number of hydrogen-bond donors (Lipinski definition) is 1. The van der Waals surface area contributed by atoms with Crippen molar-refractivity contribution in [2.24, 2.45) is 0 Å². The van der Waals surface area contributed by atoms with Crippen LogP contribution in [0.4, 0.5) is 18.0 Å². The fourth-order valence-corrected chi connectivity index (χ4v) is 4.52. The number of amides is 1. The maximum Gasteiger partial charge on any atom is 0.433 e. The van der Waals surface area contributed by atoms with Crippen LogP contribution in [0.15, 0.2) is 36.4 Å². The highest BCUT2D eigenvalue weighted by atomic mass is 19.4. The Bertz CT molecular complexity index is 1380. The first-order chi connectivity index (χ1) is 15.2. The first-order valence-electron chi connectivity index (χ1n) is 10.4. The lowest BCUT2D eigenvalue weighted by molar-refractivity contribution is -0.141. The van der Waals surface area contributed by atoms with E-state index in [-0.39, 0.29) is 0 Å². The molecule has 6 nitrogen and oxygen atoms in total. The minimum absolute atomic E-state index is 0.377. The molecular formula is C23H20F3N5O. The lowest BCUT2D eigenvalue weighted by Crippen LogP contribution is -2.35. The fourth-order valence-electron chi connectivity index (χ4n) is 4.52. The lowest BCUT2D eigenvalue weighted by atomic mass is 9.91. The third kappa shape index (κ3) is 3.28. The SMILES string of the molecule is Cc1nn(C(=O)N[C@@H]2CCCc3nc(C(F)(F)F)ccc32)c2c(C)nc3ccccc3c12. The summed E-state index contributed by atoms with van der Waals surface area (Å²) in [6.45, 7) is 3.68. The lowest BCUT2D eigenvalue weighted by Gasteiger charge is -2.26. The maximum absolute atomic E-state index is 13.2. The standard InChI is InChI=1S/C23H20F3N5O/c1-12-20-15-6-3-4-7-18(15)27-13(2)21(20)31(30-12)22(32)29-17-9-5-8-16-14(17)10-11-19(28-16)23(24,25)26/h3-4,6-7,10-11,17H,5,8-9H2,1-2H3,(H,29,32)/t17-/m1/s1. The Morgan fingerprint density at radius 3 is 2.66 bits per heavy atom. The van der Waals surface area contributed by atoms with Crippen LogP contribution in [0.1, 0.15) is 47.2 Å². The Morgan fingerprint density at radius 2 is 1.88 bits per heavy atom. The van der Waals surface area contributed by atoms with Gasteiger partial charge in [-0.15, -0.1) is 0 Å². The molecule has 0 saturated heterocycles. The highest BCUT2D eigenvalue weighted by Crippen LogP contribution is 2.34. The van der Waals surface area contributed by atoms with Crippen LogP contribution >= 0.6 is 0 Å². The van der Waals surface area contributed by atoms with Gasteiger partial charge < -0.3 is 5.32 Å². The monoisotopic (exact) mass is 439 g/mol. The molecule has 5 rings (SSSR count). The number of fused-ring (bicyclic) bond motifs is 4. The molecule has 0 fully saturated rings. The number of hydrogen-bond acceptors (Lipinski definition) is 4. The van der Waals surface area contributed by atoms with E-state index in [0.29, 0.717) is 47.4 Å². The van der Waals surface area contributed by atoms with E-state index in [1.165, 1.54) is 10.7 Å². The highest BCUT2D eigenvalue weighted by molar-refractivity contribution is 6.08. The van der Waals surface area contributed by atoms with Crippen molar-refractivity contribution < 1.29 is 18.0 Å². The van der Waals surface area contributed by atoms with E-state index in [9.17, 15) is 18.0 Å². The van der Waals surface area contributed by atoms with Crippen LogP contribution in [-0.2, 0) is 12.6 Å². The summed E-state index contributed by atoms with van der Waals surface area (Å²) in [5, 5.41) is 9.19. The highest BCUT2D eigenvalue weighted by Gasteiger charge is 2.34. The molecule has 0 aliphatic heterocycles. The molecule has 164 valence electrons. The molecule has 9 heteroatoms. The Hall–Kier alpha value is -3.49. The summed E-state index contributed by atoms with van der Waals surface area (Å²) in [7, 11) is 0. The summed E-state index contributed by atoms with van der Waals surface area (Å²) < 4.78 is 40.4. The summed E-state index contributed by atoms with van der Waals surface area (Å²) in [6, 6.07) is 9.19. The summed E-state index contributed by atoms with van der Waals surface area (Å²) in [5.74, 6) is 0. The van der Waals surface area contributed by atoms with Crippen LogP contribution in [0.25, 0.3) is 21.8 Å². The zero-order chi connectivity index (χ0) is 22.6. The van der Waals surface area contributed by atoms with Gasteiger partial charge in [0, 0.05) is 16.5 Å². The van der Waals surface area contributed by atoms with Gasteiger partial charge >= 0.3 is 12.2 Å². The van der Waals surface area contributed by atoms with Gasteiger partial charge in [-0.25, -0.2) is 9.78 Å². The van der Waals surface area contributed by atoms with Crippen molar-refractivity contribution in [2.75, 3.05) is 0 Å². The Labute approximate surface area is 181 Å². The number of pyridine rings is 2. The molecule has 3 aromatic heterocycles. The molecule has 1 aliphatic carbocycles. The number of aryl methyl sites for hydroxylation is 3. The van der Waals surface area contributed by atoms with Gasteiger partial charge in [0.1, 0.15) is 11.2 Å². The normalized spacial score (nSPS) is 16.3. The number of halogens is 3. The first-order valence-corrected chi connectivity index (χ1v) is 10.4. The van der Waals surface area contributed by atoms with Crippen LogP contribution < -0.4 is 5.32 Å². The Kier molecular flexibility index (Phi) is 4.65. The largest absolute Gasteiger partial charge is 0.433 e. The fraction of sp³-hybridized carbons (Fsp3) is 0.304. The maximum atomic E-state index is 13.2. The predicted molar refractivity (Wildman–Crippen MR) is 113 cm³/mol. The molecule has 3 heterocycles. The molecule has 1 atom stereocenters. The van der Waals surface area contributed by atoms with Gasteiger partial charge in [0.2, 0.25) is 0 Å². The van der Waals surface area contributed by atoms with E-state index in [1.807, 2.05) is 38.1 Å². The Morgan fingerprint density at radius 1 is 1.09 bits per heavy atom. The molecule has 0 bridgehead atoms. The number of alkyl halides is 3. The van der Waals surface area contributed by atoms with Gasteiger partial charge in [0.05, 0.1) is 22.9 Å².